The van der Waals surface area contributed by atoms with E-state index in [1.54, 1.807) is 17.3 Å². The van der Waals surface area contributed by atoms with Gasteiger partial charge in [0.15, 0.2) is 0 Å². The van der Waals surface area contributed by atoms with Crippen molar-refractivity contribution >= 4 is 12.0 Å². The fraction of sp³-hybridized carbons (Fsp3) is 0.462. The lowest BCUT2D eigenvalue weighted by atomic mass is 10.1. The number of hydrogen-bond donors (Lipinski definition) is 2. The summed E-state index contributed by atoms with van der Waals surface area (Å²) in [7, 11) is 0. The second-order valence-corrected chi connectivity index (χ2v) is 4.72. The predicted octanol–water partition coefficient (Wildman–Crippen LogP) is 1.09. The summed E-state index contributed by atoms with van der Waals surface area (Å²) >= 11 is 0. The van der Waals surface area contributed by atoms with Crippen LogP contribution < -0.4 is 5.32 Å². The Labute approximate surface area is 111 Å². The van der Waals surface area contributed by atoms with Crippen molar-refractivity contribution in [3.05, 3.63) is 30.1 Å². The minimum Gasteiger partial charge on any atom is -0.481 e. The Morgan fingerprint density at radius 3 is 3.05 bits per heavy atom. The number of aromatic nitrogens is 1. The molecule has 19 heavy (non-hydrogen) atoms. The largest absolute Gasteiger partial charge is 0.481 e. The Morgan fingerprint density at radius 2 is 2.37 bits per heavy atom. The molecule has 0 spiro atoms. The van der Waals surface area contributed by atoms with Crippen LogP contribution in [0.5, 0.6) is 0 Å². The molecule has 1 fully saturated rings. The monoisotopic (exact) mass is 263 g/mol. The van der Waals surface area contributed by atoms with E-state index in [0.717, 1.165) is 12.0 Å². The van der Waals surface area contributed by atoms with Crippen LogP contribution >= 0.6 is 0 Å². The highest BCUT2D eigenvalue weighted by atomic mass is 16.4. The summed E-state index contributed by atoms with van der Waals surface area (Å²) in [6.07, 6.45) is 4.28. The van der Waals surface area contributed by atoms with Gasteiger partial charge in [-0.1, -0.05) is 6.07 Å². The van der Waals surface area contributed by atoms with Gasteiger partial charge in [0, 0.05) is 38.4 Å². The first-order valence-electron chi connectivity index (χ1n) is 6.28. The van der Waals surface area contributed by atoms with Crippen LogP contribution in [0, 0.1) is 5.92 Å². The molecule has 6 nitrogen and oxygen atoms in total. The Kier molecular flexibility index (Phi) is 4.33. The van der Waals surface area contributed by atoms with Crippen LogP contribution in [0.1, 0.15) is 18.4 Å². The van der Waals surface area contributed by atoms with Gasteiger partial charge < -0.3 is 15.3 Å². The number of carboxylic acid groups (broad SMARTS) is 1. The zero-order valence-electron chi connectivity index (χ0n) is 10.6. The van der Waals surface area contributed by atoms with Gasteiger partial charge in [0.05, 0.1) is 0 Å². The third kappa shape index (κ3) is 3.94. The van der Waals surface area contributed by atoms with Crippen LogP contribution in [0.25, 0.3) is 0 Å². The number of hydrogen-bond acceptors (Lipinski definition) is 3. The summed E-state index contributed by atoms with van der Waals surface area (Å²) in [5.41, 5.74) is 0.942. The maximum atomic E-state index is 11.9. The van der Waals surface area contributed by atoms with E-state index in [1.807, 2.05) is 12.1 Å². The topological polar surface area (TPSA) is 82.5 Å². The van der Waals surface area contributed by atoms with Crippen molar-refractivity contribution in [2.45, 2.75) is 19.4 Å². The smallest absolute Gasteiger partial charge is 0.317 e. The maximum absolute atomic E-state index is 11.9. The molecule has 2 N–H and O–H groups in total. The third-order valence-corrected chi connectivity index (χ3v) is 3.20. The summed E-state index contributed by atoms with van der Waals surface area (Å²) in [5.74, 6) is -0.732. The van der Waals surface area contributed by atoms with Crippen molar-refractivity contribution in [2.24, 2.45) is 5.92 Å². The second kappa shape index (κ2) is 6.17. The van der Waals surface area contributed by atoms with Gasteiger partial charge in [-0.25, -0.2) is 4.79 Å². The number of amides is 2. The lowest BCUT2D eigenvalue weighted by Crippen LogP contribution is -2.38. The zero-order chi connectivity index (χ0) is 13.7. The number of likely N-dealkylation sites (tertiary alicyclic amines) is 1. The minimum absolute atomic E-state index is 0.0710. The second-order valence-electron chi connectivity index (χ2n) is 4.72. The van der Waals surface area contributed by atoms with E-state index < -0.39 is 5.97 Å². The summed E-state index contributed by atoms with van der Waals surface area (Å²) in [6.45, 7) is 1.58. The van der Waals surface area contributed by atoms with E-state index in [0.29, 0.717) is 19.6 Å². The van der Waals surface area contributed by atoms with Crippen molar-refractivity contribution in [1.29, 1.82) is 0 Å². The Morgan fingerprint density at radius 1 is 1.53 bits per heavy atom. The van der Waals surface area contributed by atoms with Crippen LogP contribution in [0.2, 0.25) is 0 Å². The number of rotatable bonds is 4. The molecule has 0 aliphatic carbocycles. The minimum atomic E-state index is -0.803. The van der Waals surface area contributed by atoms with E-state index in [-0.39, 0.29) is 18.4 Å². The van der Waals surface area contributed by atoms with Crippen molar-refractivity contribution in [3.8, 4) is 0 Å². The number of carbonyl (C=O) groups excluding carboxylic acids is 1. The third-order valence-electron chi connectivity index (χ3n) is 3.20. The molecule has 2 rings (SSSR count). The molecular weight excluding hydrogens is 246 g/mol. The first kappa shape index (κ1) is 13.3. The molecule has 1 aromatic rings. The molecule has 0 bridgehead atoms. The molecule has 2 amide bonds. The average Bonchev–Trinajstić information content (AvgIpc) is 2.85. The van der Waals surface area contributed by atoms with Gasteiger partial charge in [0.2, 0.25) is 0 Å². The molecule has 1 atom stereocenters. The Balaban J connectivity index is 1.77. The Bertz CT molecular complexity index is 450. The summed E-state index contributed by atoms with van der Waals surface area (Å²) in [6, 6.07) is 3.57. The molecule has 0 saturated carbocycles. The number of carboxylic acids is 1. The van der Waals surface area contributed by atoms with E-state index in [4.69, 9.17) is 5.11 Å². The fourth-order valence-electron chi connectivity index (χ4n) is 2.22. The molecule has 6 heteroatoms. The lowest BCUT2D eigenvalue weighted by molar-refractivity contribution is -0.138. The van der Waals surface area contributed by atoms with E-state index in [2.05, 4.69) is 10.3 Å². The average molecular weight is 263 g/mol. The van der Waals surface area contributed by atoms with Gasteiger partial charge in [-0.05, 0) is 24.0 Å². The van der Waals surface area contributed by atoms with Crippen LogP contribution in [0.15, 0.2) is 24.5 Å². The number of nitrogens with zero attached hydrogens (tertiary/aromatic N) is 2. The van der Waals surface area contributed by atoms with E-state index >= 15 is 0 Å². The van der Waals surface area contributed by atoms with Gasteiger partial charge >= 0.3 is 12.0 Å². The van der Waals surface area contributed by atoms with Crippen LogP contribution in [-0.4, -0.2) is 40.1 Å². The highest BCUT2D eigenvalue weighted by Crippen LogP contribution is 2.19. The quantitative estimate of drug-likeness (QED) is 0.851. The van der Waals surface area contributed by atoms with Crippen molar-refractivity contribution < 1.29 is 14.7 Å². The first-order chi connectivity index (χ1) is 9.15. The highest BCUT2D eigenvalue weighted by Gasteiger charge is 2.27. The SMILES string of the molecule is O=C(O)CC1CCN(C(=O)NCc2cccnc2)C1. The van der Waals surface area contributed by atoms with Crippen LogP contribution in [0.4, 0.5) is 4.79 Å². The molecule has 2 heterocycles. The molecular formula is C13H17N3O3. The molecule has 102 valence electrons. The predicted molar refractivity (Wildman–Crippen MR) is 68.4 cm³/mol. The zero-order valence-corrected chi connectivity index (χ0v) is 10.6. The van der Waals surface area contributed by atoms with Gasteiger partial charge in [-0.15, -0.1) is 0 Å². The molecule has 0 radical (unpaired) electrons. The highest BCUT2D eigenvalue weighted by molar-refractivity contribution is 5.74. The van der Waals surface area contributed by atoms with Crippen LogP contribution in [-0.2, 0) is 11.3 Å². The lowest BCUT2D eigenvalue weighted by Gasteiger charge is -2.17. The number of pyridine rings is 1. The Hall–Kier alpha value is -2.11. The van der Waals surface area contributed by atoms with Crippen molar-refractivity contribution in [3.63, 3.8) is 0 Å². The standard InChI is InChI=1S/C13H17N3O3/c17-12(18)6-10-3-5-16(9-10)13(19)15-8-11-2-1-4-14-7-11/h1-2,4,7,10H,3,5-6,8-9H2,(H,15,19)(H,17,18). The summed E-state index contributed by atoms with van der Waals surface area (Å²) < 4.78 is 0. The maximum Gasteiger partial charge on any atom is 0.317 e. The first-order valence-corrected chi connectivity index (χ1v) is 6.28. The molecule has 1 aromatic heterocycles. The fourth-order valence-corrected chi connectivity index (χ4v) is 2.22. The normalized spacial score (nSPS) is 18.3. The molecule has 1 aliphatic heterocycles. The van der Waals surface area contributed by atoms with Gasteiger partial charge in [-0.2, -0.15) is 0 Å². The number of nitrogens with one attached hydrogen (secondary N) is 1. The molecule has 0 aromatic carbocycles. The van der Waals surface area contributed by atoms with Crippen LogP contribution in [0.3, 0.4) is 0 Å². The van der Waals surface area contributed by atoms with Gasteiger partial charge in [-0.3, -0.25) is 9.78 Å². The molecule has 1 unspecified atom stereocenters. The van der Waals surface area contributed by atoms with Crippen molar-refractivity contribution in [1.82, 2.24) is 15.2 Å². The summed E-state index contributed by atoms with van der Waals surface area (Å²) in [4.78, 5) is 28.2. The molecule has 1 saturated heterocycles. The van der Waals surface area contributed by atoms with E-state index in [9.17, 15) is 9.59 Å². The number of carbonyl (C=O) groups is 2. The number of urea groups is 1. The number of aliphatic carboxylic acids is 1. The van der Waals surface area contributed by atoms with Gasteiger partial charge in [0.1, 0.15) is 0 Å². The van der Waals surface area contributed by atoms with Crippen molar-refractivity contribution in [2.75, 3.05) is 13.1 Å². The molecule has 1 aliphatic rings. The summed E-state index contributed by atoms with van der Waals surface area (Å²) in [5, 5.41) is 11.5. The van der Waals surface area contributed by atoms with Gasteiger partial charge in [0.25, 0.3) is 0 Å². The van der Waals surface area contributed by atoms with E-state index in [1.165, 1.54) is 0 Å².